The maximum atomic E-state index is 6.00. The first-order valence-electron chi connectivity index (χ1n) is 5.91. The van der Waals surface area contributed by atoms with Crippen LogP contribution in [0.4, 0.5) is 17.1 Å². The molecule has 0 saturated heterocycles. The van der Waals surface area contributed by atoms with Crippen LogP contribution in [0.5, 0.6) is 0 Å². The molecule has 0 aliphatic heterocycles. The van der Waals surface area contributed by atoms with Gasteiger partial charge >= 0.3 is 0 Å². The molecule has 0 bridgehead atoms. The largest absolute Gasteiger partial charge is 0.384 e. The van der Waals surface area contributed by atoms with E-state index in [2.05, 4.69) is 22.5 Å². The van der Waals surface area contributed by atoms with Gasteiger partial charge in [-0.25, -0.2) is 0 Å². The van der Waals surface area contributed by atoms with Crippen molar-refractivity contribution in [1.29, 1.82) is 0 Å². The third-order valence-electron chi connectivity index (χ3n) is 2.60. The van der Waals surface area contributed by atoms with Gasteiger partial charge in [0, 0.05) is 17.3 Å². The molecule has 2 N–H and O–H groups in total. The molecular weight excluding hydrogens is 246 g/mol. The van der Waals surface area contributed by atoms with Crippen molar-refractivity contribution in [3.05, 3.63) is 47.2 Å². The first-order chi connectivity index (χ1) is 8.69. The van der Waals surface area contributed by atoms with Gasteiger partial charge in [-0.3, -0.25) is 4.98 Å². The lowest BCUT2D eigenvalue weighted by atomic mass is 10.2. The normalized spacial score (nSPS) is 10.2. The van der Waals surface area contributed by atoms with E-state index in [1.165, 1.54) is 0 Å². The summed E-state index contributed by atoms with van der Waals surface area (Å²) in [5, 5.41) is 7.28. The van der Waals surface area contributed by atoms with Gasteiger partial charge in [0.15, 0.2) is 0 Å². The molecular formula is C14H16ClN3. The van der Waals surface area contributed by atoms with Crippen LogP contribution in [0.25, 0.3) is 0 Å². The predicted octanol–water partition coefficient (Wildman–Crippen LogP) is 4.22. The summed E-state index contributed by atoms with van der Waals surface area (Å²) in [7, 11) is 0. The van der Waals surface area contributed by atoms with Gasteiger partial charge in [0.25, 0.3) is 0 Å². The Kier molecular flexibility index (Phi) is 4.05. The highest BCUT2D eigenvalue weighted by Crippen LogP contribution is 2.24. The second-order valence-electron chi connectivity index (χ2n) is 4.08. The number of hydrogen-bond donors (Lipinski definition) is 2. The summed E-state index contributed by atoms with van der Waals surface area (Å²) in [6.07, 6.45) is 3.60. The third kappa shape index (κ3) is 3.14. The van der Waals surface area contributed by atoms with Crippen LogP contribution < -0.4 is 10.6 Å². The second kappa shape index (κ2) is 5.74. The highest BCUT2D eigenvalue weighted by Gasteiger charge is 2.01. The van der Waals surface area contributed by atoms with Crippen LogP contribution in [-0.2, 0) is 0 Å². The summed E-state index contributed by atoms with van der Waals surface area (Å²) in [5.41, 5.74) is 4.09. The zero-order valence-corrected chi connectivity index (χ0v) is 11.3. The first kappa shape index (κ1) is 12.7. The van der Waals surface area contributed by atoms with Crippen molar-refractivity contribution in [1.82, 2.24) is 4.98 Å². The standard InChI is InChI=1S/C14H16ClN3/c1-3-17-12-7-13(9-16-8-12)18-14-6-11(15)5-4-10(14)2/h4-9,17-18H,3H2,1-2H3. The van der Waals surface area contributed by atoms with Gasteiger partial charge in [-0.1, -0.05) is 17.7 Å². The molecule has 1 aromatic carbocycles. The Morgan fingerprint density at radius 2 is 1.94 bits per heavy atom. The zero-order valence-electron chi connectivity index (χ0n) is 10.5. The van der Waals surface area contributed by atoms with Gasteiger partial charge in [-0.15, -0.1) is 0 Å². The number of nitrogens with one attached hydrogen (secondary N) is 2. The summed E-state index contributed by atoms with van der Waals surface area (Å²) in [6, 6.07) is 7.81. The topological polar surface area (TPSA) is 37.0 Å². The van der Waals surface area contributed by atoms with Gasteiger partial charge in [-0.05, 0) is 37.6 Å². The van der Waals surface area contributed by atoms with E-state index in [9.17, 15) is 0 Å². The van der Waals surface area contributed by atoms with Crippen LogP contribution >= 0.6 is 11.6 Å². The van der Waals surface area contributed by atoms with E-state index in [4.69, 9.17) is 11.6 Å². The van der Waals surface area contributed by atoms with Crippen molar-refractivity contribution in [3.63, 3.8) is 0 Å². The second-order valence-corrected chi connectivity index (χ2v) is 4.51. The molecule has 2 rings (SSSR count). The molecule has 2 aromatic rings. The zero-order chi connectivity index (χ0) is 13.0. The Labute approximate surface area is 112 Å². The molecule has 0 unspecified atom stereocenters. The molecule has 0 radical (unpaired) electrons. The van der Waals surface area contributed by atoms with Crippen LogP contribution in [0.1, 0.15) is 12.5 Å². The van der Waals surface area contributed by atoms with Gasteiger partial charge in [-0.2, -0.15) is 0 Å². The molecule has 0 spiro atoms. The van der Waals surface area contributed by atoms with E-state index in [0.717, 1.165) is 34.2 Å². The molecule has 4 heteroatoms. The van der Waals surface area contributed by atoms with Gasteiger partial charge in [0.1, 0.15) is 0 Å². The molecule has 0 fully saturated rings. The molecule has 0 amide bonds. The van der Waals surface area contributed by atoms with Crippen LogP contribution in [0.3, 0.4) is 0 Å². The average molecular weight is 262 g/mol. The predicted molar refractivity (Wildman–Crippen MR) is 77.9 cm³/mol. The van der Waals surface area contributed by atoms with E-state index >= 15 is 0 Å². The van der Waals surface area contributed by atoms with E-state index in [-0.39, 0.29) is 0 Å². The van der Waals surface area contributed by atoms with Crippen LogP contribution in [0.2, 0.25) is 5.02 Å². The Morgan fingerprint density at radius 1 is 1.17 bits per heavy atom. The lowest BCUT2D eigenvalue weighted by Gasteiger charge is -2.11. The number of aromatic nitrogens is 1. The smallest absolute Gasteiger partial charge is 0.0591 e. The fourth-order valence-electron chi connectivity index (χ4n) is 1.69. The molecule has 0 atom stereocenters. The molecule has 1 aromatic heterocycles. The average Bonchev–Trinajstić information content (AvgIpc) is 2.35. The molecule has 0 saturated carbocycles. The number of pyridine rings is 1. The molecule has 0 aliphatic rings. The minimum atomic E-state index is 0.721. The summed E-state index contributed by atoms with van der Waals surface area (Å²) >= 11 is 6.00. The number of rotatable bonds is 4. The monoisotopic (exact) mass is 261 g/mol. The van der Waals surface area contributed by atoms with Gasteiger partial charge in [0.2, 0.25) is 0 Å². The highest BCUT2D eigenvalue weighted by molar-refractivity contribution is 6.30. The quantitative estimate of drug-likeness (QED) is 0.865. The number of anilines is 3. The number of halogens is 1. The lowest BCUT2D eigenvalue weighted by molar-refractivity contribution is 1.19. The minimum absolute atomic E-state index is 0.721. The number of hydrogen-bond acceptors (Lipinski definition) is 3. The van der Waals surface area contributed by atoms with Crippen molar-refractivity contribution in [2.24, 2.45) is 0 Å². The lowest BCUT2D eigenvalue weighted by Crippen LogP contribution is -1.99. The summed E-state index contributed by atoms with van der Waals surface area (Å²) in [5.74, 6) is 0. The Hall–Kier alpha value is -1.74. The summed E-state index contributed by atoms with van der Waals surface area (Å²) in [4.78, 5) is 4.19. The van der Waals surface area contributed by atoms with Crippen molar-refractivity contribution < 1.29 is 0 Å². The fraction of sp³-hybridized carbons (Fsp3) is 0.214. The molecule has 94 valence electrons. The summed E-state index contributed by atoms with van der Waals surface area (Å²) < 4.78 is 0. The number of benzene rings is 1. The van der Waals surface area contributed by atoms with Gasteiger partial charge in [0.05, 0.1) is 23.8 Å². The van der Waals surface area contributed by atoms with E-state index in [1.54, 1.807) is 12.4 Å². The van der Waals surface area contributed by atoms with Gasteiger partial charge < -0.3 is 10.6 Å². The third-order valence-corrected chi connectivity index (χ3v) is 2.83. The molecule has 3 nitrogen and oxygen atoms in total. The SMILES string of the molecule is CCNc1cncc(Nc2cc(Cl)ccc2C)c1. The molecule has 0 aliphatic carbocycles. The minimum Gasteiger partial charge on any atom is -0.384 e. The fourth-order valence-corrected chi connectivity index (χ4v) is 1.87. The van der Waals surface area contributed by atoms with Crippen LogP contribution in [-0.4, -0.2) is 11.5 Å². The van der Waals surface area contributed by atoms with Crippen molar-refractivity contribution in [2.45, 2.75) is 13.8 Å². The van der Waals surface area contributed by atoms with Crippen molar-refractivity contribution >= 4 is 28.7 Å². The van der Waals surface area contributed by atoms with E-state index in [1.807, 2.05) is 31.2 Å². The Morgan fingerprint density at radius 3 is 2.72 bits per heavy atom. The molecule has 18 heavy (non-hydrogen) atoms. The molecule has 1 heterocycles. The Balaban J connectivity index is 2.22. The highest BCUT2D eigenvalue weighted by atomic mass is 35.5. The van der Waals surface area contributed by atoms with Crippen molar-refractivity contribution in [2.75, 3.05) is 17.2 Å². The number of nitrogens with zero attached hydrogens (tertiary/aromatic N) is 1. The van der Waals surface area contributed by atoms with E-state index in [0.29, 0.717) is 0 Å². The van der Waals surface area contributed by atoms with Crippen LogP contribution in [0.15, 0.2) is 36.7 Å². The van der Waals surface area contributed by atoms with Crippen LogP contribution in [0, 0.1) is 6.92 Å². The Bertz CT molecular complexity index is 540. The van der Waals surface area contributed by atoms with Crippen molar-refractivity contribution in [3.8, 4) is 0 Å². The van der Waals surface area contributed by atoms with E-state index < -0.39 is 0 Å². The first-order valence-corrected chi connectivity index (χ1v) is 6.29. The number of aryl methyl sites for hydroxylation is 1. The maximum Gasteiger partial charge on any atom is 0.0591 e. The summed E-state index contributed by atoms with van der Waals surface area (Å²) in [6.45, 7) is 4.97. The maximum absolute atomic E-state index is 6.00.